The minimum absolute atomic E-state index is 0.0577. The molecule has 8 nitrogen and oxygen atoms in total. The molecule has 4 aromatic rings. The number of tetrazole rings is 1. The van der Waals surface area contributed by atoms with Crippen LogP contribution in [0.5, 0.6) is 0 Å². The third-order valence-electron chi connectivity index (χ3n) is 6.98. The highest BCUT2D eigenvalue weighted by Crippen LogP contribution is 2.43. The van der Waals surface area contributed by atoms with Gasteiger partial charge in [0.15, 0.2) is 0 Å². The zero-order valence-corrected chi connectivity index (χ0v) is 20.5. The second-order valence-electron chi connectivity index (χ2n) is 9.29. The average Bonchev–Trinajstić information content (AvgIpc) is 3.31. The summed E-state index contributed by atoms with van der Waals surface area (Å²) in [5.41, 5.74) is 7.44. The van der Waals surface area contributed by atoms with Gasteiger partial charge in [0.1, 0.15) is 0 Å². The van der Waals surface area contributed by atoms with Crippen molar-refractivity contribution in [1.82, 2.24) is 35.1 Å². The summed E-state index contributed by atoms with van der Waals surface area (Å²) in [5.74, 6) is 0.552. The minimum Gasteiger partial charge on any atom is -0.392 e. The number of pyridine rings is 2. The average molecular weight is 470 g/mol. The summed E-state index contributed by atoms with van der Waals surface area (Å²) >= 11 is 0. The van der Waals surface area contributed by atoms with Gasteiger partial charge in [-0.1, -0.05) is 24.3 Å². The van der Waals surface area contributed by atoms with E-state index in [4.69, 9.17) is 9.97 Å². The van der Waals surface area contributed by atoms with Crippen LogP contribution >= 0.6 is 0 Å². The molecule has 4 heterocycles. The van der Waals surface area contributed by atoms with Crippen molar-refractivity contribution in [2.75, 3.05) is 0 Å². The van der Waals surface area contributed by atoms with Crippen molar-refractivity contribution in [2.24, 2.45) is 7.05 Å². The molecular weight excluding hydrogens is 438 g/mol. The number of aliphatic hydroxyl groups is 1. The van der Waals surface area contributed by atoms with Gasteiger partial charge in [-0.15, -0.1) is 10.2 Å². The van der Waals surface area contributed by atoms with Crippen LogP contribution in [0.25, 0.3) is 11.4 Å². The lowest BCUT2D eigenvalue weighted by molar-refractivity contribution is 0.0672. The zero-order chi connectivity index (χ0) is 24.4. The Morgan fingerprint density at radius 1 is 0.914 bits per heavy atom. The molecule has 0 bridgehead atoms. The number of aryl methyl sites for hydroxylation is 3. The summed E-state index contributed by atoms with van der Waals surface area (Å²) in [4.78, 5) is 13.6. The maximum Gasteiger partial charge on any atom is 0.204 e. The lowest BCUT2D eigenvalue weighted by Gasteiger charge is -2.43. The fourth-order valence-corrected chi connectivity index (χ4v) is 5.22. The molecule has 0 spiro atoms. The Balaban J connectivity index is 1.55. The van der Waals surface area contributed by atoms with Crippen molar-refractivity contribution in [3.63, 3.8) is 0 Å². The van der Waals surface area contributed by atoms with E-state index in [1.165, 1.54) is 15.9 Å². The Morgan fingerprint density at radius 2 is 1.57 bits per heavy atom. The third kappa shape index (κ3) is 4.72. The monoisotopic (exact) mass is 469 g/mol. The quantitative estimate of drug-likeness (QED) is 0.451. The van der Waals surface area contributed by atoms with Crippen molar-refractivity contribution < 1.29 is 5.11 Å². The number of benzene rings is 1. The zero-order valence-electron chi connectivity index (χ0n) is 20.5. The first-order chi connectivity index (χ1) is 17.0. The topological polar surface area (TPSA) is 92.9 Å². The molecule has 5 rings (SSSR count). The molecule has 3 aromatic heterocycles. The largest absolute Gasteiger partial charge is 0.392 e. The van der Waals surface area contributed by atoms with Gasteiger partial charge in [-0.05, 0) is 78.8 Å². The number of nitrogens with zero attached hydrogens (tertiary/aromatic N) is 7. The molecule has 180 valence electrons. The summed E-state index contributed by atoms with van der Waals surface area (Å²) in [6, 6.07) is 14.7. The Bertz CT molecular complexity index is 1260. The Kier molecular flexibility index (Phi) is 6.66. The number of likely N-dealkylation sites (tertiary alicyclic amines) is 1. The van der Waals surface area contributed by atoms with Crippen LogP contribution in [0.3, 0.4) is 0 Å². The van der Waals surface area contributed by atoms with Crippen molar-refractivity contribution in [3.05, 3.63) is 88.5 Å². The summed E-state index contributed by atoms with van der Waals surface area (Å²) < 4.78 is 0. The van der Waals surface area contributed by atoms with Gasteiger partial charge >= 0.3 is 0 Å². The Morgan fingerprint density at radius 3 is 2.11 bits per heavy atom. The number of hydrogen-bond donors (Lipinski definition) is 1. The number of aromatic nitrogens is 6. The van der Waals surface area contributed by atoms with Crippen molar-refractivity contribution in [1.29, 1.82) is 0 Å². The van der Waals surface area contributed by atoms with Gasteiger partial charge in [0, 0.05) is 24.5 Å². The van der Waals surface area contributed by atoms with E-state index >= 15 is 0 Å². The van der Waals surface area contributed by atoms with E-state index in [1.807, 2.05) is 36.7 Å². The molecule has 1 aliphatic heterocycles. The van der Waals surface area contributed by atoms with E-state index in [0.717, 1.165) is 47.3 Å². The van der Waals surface area contributed by atoms with Crippen molar-refractivity contribution in [3.8, 4) is 11.4 Å². The van der Waals surface area contributed by atoms with Gasteiger partial charge in [0.05, 0.1) is 37.1 Å². The lowest BCUT2D eigenvalue weighted by Crippen LogP contribution is -2.37. The maximum absolute atomic E-state index is 10.3. The van der Waals surface area contributed by atoms with Crippen molar-refractivity contribution in [2.45, 2.75) is 58.3 Å². The second-order valence-corrected chi connectivity index (χ2v) is 9.29. The minimum atomic E-state index is -0.0577. The van der Waals surface area contributed by atoms with Gasteiger partial charge in [-0.2, -0.15) is 4.80 Å². The molecule has 8 heteroatoms. The molecular formula is C27H31N7O. The van der Waals surface area contributed by atoms with Crippen molar-refractivity contribution >= 4 is 0 Å². The van der Waals surface area contributed by atoms with E-state index in [9.17, 15) is 5.11 Å². The maximum atomic E-state index is 10.3. The normalized spacial score (nSPS) is 18.6. The Labute approximate surface area is 205 Å². The predicted octanol–water partition coefficient (Wildman–Crippen LogP) is 4.24. The van der Waals surface area contributed by atoms with E-state index in [0.29, 0.717) is 12.4 Å². The Hall–Kier alpha value is -3.49. The fraction of sp³-hybridized carbons (Fsp3) is 0.370. The van der Waals surface area contributed by atoms with Gasteiger partial charge in [-0.25, -0.2) is 0 Å². The van der Waals surface area contributed by atoms with E-state index in [2.05, 4.69) is 52.4 Å². The number of hydrogen-bond acceptors (Lipinski definition) is 7. The molecule has 2 unspecified atom stereocenters. The first-order valence-electron chi connectivity index (χ1n) is 12.1. The molecule has 1 fully saturated rings. The van der Waals surface area contributed by atoms with Crippen LogP contribution in [0.1, 0.15) is 65.0 Å². The SMILES string of the molecule is Cc1cccnc1C1CCCC(c2ncccc2C)N1Cc1ccc(-c2nnn(C)n2)cc1CO. The van der Waals surface area contributed by atoms with E-state index < -0.39 is 0 Å². The van der Waals surface area contributed by atoms with Crippen LogP contribution in [0.2, 0.25) is 0 Å². The molecule has 0 amide bonds. The highest BCUT2D eigenvalue weighted by molar-refractivity contribution is 5.56. The molecule has 35 heavy (non-hydrogen) atoms. The highest BCUT2D eigenvalue weighted by atomic mass is 16.3. The van der Waals surface area contributed by atoms with Crippen LogP contribution in [-0.4, -0.2) is 40.2 Å². The number of aliphatic hydroxyl groups excluding tert-OH is 1. The molecule has 1 aromatic carbocycles. The van der Waals surface area contributed by atoms with Crippen LogP contribution in [0.4, 0.5) is 0 Å². The van der Waals surface area contributed by atoms with Gasteiger partial charge in [0.2, 0.25) is 5.82 Å². The molecule has 1 N–H and O–H groups in total. The predicted molar refractivity (Wildman–Crippen MR) is 133 cm³/mol. The van der Waals surface area contributed by atoms with Crippen LogP contribution in [-0.2, 0) is 20.2 Å². The third-order valence-corrected chi connectivity index (χ3v) is 6.98. The summed E-state index contributed by atoms with van der Waals surface area (Å²) in [5, 5.41) is 22.6. The van der Waals surface area contributed by atoms with Crippen LogP contribution in [0, 0.1) is 13.8 Å². The first-order valence-corrected chi connectivity index (χ1v) is 12.1. The molecule has 0 aliphatic carbocycles. The molecule has 1 saturated heterocycles. The number of rotatable bonds is 6. The highest BCUT2D eigenvalue weighted by Gasteiger charge is 2.35. The molecule has 0 radical (unpaired) electrons. The van der Waals surface area contributed by atoms with Gasteiger partial charge in [0.25, 0.3) is 0 Å². The number of piperidine rings is 1. The summed E-state index contributed by atoms with van der Waals surface area (Å²) in [6.45, 7) is 4.90. The molecule has 2 atom stereocenters. The van der Waals surface area contributed by atoms with Gasteiger partial charge < -0.3 is 5.11 Å². The molecule has 0 saturated carbocycles. The van der Waals surface area contributed by atoms with E-state index in [-0.39, 0.29) is 18.7 Å². The summed E-state index contributed by atoms with van der Waals surface area (Å²) in [7, 11) is 1.74. The van der Waals surface area contributed by atoms with Crippen LogP contribution in [0.15, 0.2) is 54.9 Å². The first kappa shape index (κ1) is 23.3. The summed E-state index contributed by atoms with van der Waals surface area (Å²) in [6.07, 6.45) is 6.96. The standard InChI is InChI=1S/C27H31N7O/c1-18-7-5-13-28-25(18)23-9-4-10-24(26-19(2)8-6-14-29-26)34(23)16-21-12-11-20(15-22(21)17-35)27-30-32-33(3)31-27/h5-8,11-15,23-24,35H,4,9-10,16-17H2,1-3H3. The van der Waals surface area contributed by atoms with E-state index in [1.54, 1.807) is 7.05 Å². The molecule has 1 aliphatic rings. The fourth-order valence-electron chi connectivity index (χ4n) is 5.22. The second kappa shape index (κ2) is 10.0. The van der Waals surface area contributed by atoms with Crippen LogP contribution < -0.4 is 0 Å². The van der Waals surface area contributed by atoms with Gasteiger partial charge in [-0.3, -0.25) is 14.9 Å². The smallest absolute Gasteiger partial charge is 0.204 e. The lowest BCUT2D eigenvalue weighted by atomic mass is 9.88.